The number of hydrogen-bond donors (Lipinski definition) is 1. The number of aryl methyl sites for hydroxylation is 2. The molecule has 110 valence electrons. The first-order valence-electron chi connectivity index (χ1n) is 7.64. The third-order valence-electron chi connectivity index (χ3n) is 4.38. The van der Waals surface area contributed by atoms with Crippen LogP contribution in [0.5, 0.6) is 0 Å². The van der Waals surface area contributed by atoms with Crippen LogP contribution in [-0.4, -0.2) is 22.9 Å². The van der Waals surface area contributed by atoms with Gasteiger partial charge in [0.15, 0.2) is 0 Å². The van der Waals surface area contributed by atoms with Crippen molar-refractivity contribution in [3.63, 3.8) is 0 Å². The van der Waals surface area contributed by atoms with Crippen molar-refractivity contribution in [1.29, 1.82) is 0 Å². The quantitative estimate of drug-likeness (QED) is 0.913. The first kappa shape index (κ1) is 15.0. The number of rotatable bonds is 4. The molecule has 3 nitrogen and oxygen atoms in total. The van der Waals surface area contributed by atoms with Gasteiger partial charge in [0.05, 0.1) is 6.04 Å². The van der Waals surface area contributed by atoms with Gasteiger partial charge in [-0.1, -0.05) is 37.6 Å². The number of hydrogen-bond acceptors (Lipinski definition) is 2. The number of amides is 1. The van der Waals surface area contributed by atoms with Crippen molar-refractivity contribution in [3.05, 3.63) is 34.9 Å². The topological polar surface area (TPSA) is 32.3 Å². The van der Waals surface area contributed by atoms with Gasteiger partial charge in [-0.15, -0.1) is 0 Å². The van der Waals surface area contributed by atoms with E-state index in [0.29, 0.717) is 0 Å². The first-order chi connectivity index (χ1) is 9.49. The summed E-state index contributed by atoms with van der Waals surface area (Å²) in [6.07, 6.45) is 1.83. The summed E-state index contributed by atoms with van der Waals surface area (Å²) in [4.78, 5) is 14.6. The van der Waals surface area contributed by atoms with Crippen LogP contribution in [-0.2, 0) is 4.79 Å². The maximum atomic E-state index is 12.6. The van der Waals surface area contributed by atoms with Crippen LogP contribution in [0.3, 0.4) is 0 Å². The Morgan fingerprint density at radius 3 is 2.55 bits per heavy atom. The second kappa shape index (κ2) is 5.96. The molecule has 0 radical (unpaired) electrons. The molecule has 1 amide bonds. The molecule has 0 saturated carbocycles. The predicted octanol–water partition coefficient (Wildman–Crippen LogP) is 3.31. The summed E-state index contributed by atoms with van der Waals surface area (Å²) in [6, 6.07) is 6.69. The molecule has 1 heterocycles. The van der Waals surface area contributed by atoms with Crippen LogP contribution < -0.4 is 5.32 Å². The molecule has 3 unspecified atom stereocenters. The molecule has 0 aliphatic carbocycles. The van der Waals surface area contributed by atoms with Gasteiger partial charge >= 0.3 is 0 Å². The summed E-state index contributed by atoms with van der Waals surface area (Å²) in [5.41, 5.74) is 3.73. The van der Waals surface area contributed by atoms with Crippen LogP contribution in [0.1, 0.15) is 56.5 Å². The summed E-state index contributed by atoms with van der Waals surface area (Å²) in [6.45, 7) is 10.6. The summed E-state index contributed by atoms with van der Waals surface area (Å²) < 4.78 is 0. The van der Waals surface area contributed by atoms with Crippen LogP contribution in [0.25, 0.3) is 0 Å². The fourth-order valence-electron chi connectivity index (χ4n) is 2.98. The van der Waals surface area contributed by atoms with E-state index in [0.717, 1.165) is 12.8 Å². The molecule has 2 rings (SSSR count). The zero-order chi connectivity index (χ0) is 14.9. The molecule has 3 heteroatoms. The van der Waals surface area contributed by atoms with Crippen LogP contribution in [0.2, 0.25) is 0 Å². The number of carbonyl (C=O) groups is 1. The number of nitrogens with zero attached hydrogens (tertiary/aromatic N) is 1. The SMILES string of the molecule is CCC1NC(c2ccc(C)cc2C)N(C(C)CC)C1=O. The Hall–Kier alpha value is -1.35. The maximum absolute atomic E-state index is 12.6. The highest BCUT2D eigenvalue weighted by atomic mass is 16.2. The van der Waals surface area contributed by atoms with Gasteiger partial charge in [0.1, 0.15) is 6.17 Å². The molecule has 1 aromatic rings. The lowest BCUT2D eigenvalue weighted by molar-refractivity contribution is -0.132. The number of nitrogens with one attached hydrogen (secondary N) is 1. The van der Waals surface area contributed by atoms with E-state index in [1.54, 1.807) is 0 Å². The van der Waals surface area contributed by atoms with Crippen LogP contribution >= 0.6 is 0 Å². The minimum atomic E-state index is -0.0466. The molecule has 1 aliphatic heterocycles. The Labute approximate surface area is 122 Å². The summed E-state index contributed by atoms with van der Waals surface area (Å²) in [7, 11) is 0. The summed E-state index contributed by atoms with van der Waals surface area (Å²) >= 11 is 0. The average Bonchev–Trinajstić information content (AvgIpc) is 2.74. The smallest absolute Gasteiger partial charge is 0.241 e. The highest BCUT2D eigenvalue weighted by Gasteiger charge is 2.40. The largest absolute Gasteiger partial charge is 0.319 e. The Morgan fingerprint density at radius 1 is 1.30 bits per heavy atom. The van der Waals surface area contributed by atoms with Crippen molar-refractivity contribution in [2.45, 2.75) is 65.7 Å². The molecule has 1 aromatic carbocycles. The van der Waals surface area contributed by atoms with Gasteiger partial charge in [0.25, 0.3) is 0 Å². The standard InChI is InChI=1S/C17H26N2O/c1-6-13(5)19-16(18-15(7-2)17(19)20)14-9-8-11(3)10-12(14)4/h8-10,13,15-16,18H,6-7H2,1-5H3. The van der Waals surface area contributed by atoms with E-state index in [1.165, 1.54) is 16.7 Å². The lowest BCUT2D eigenvalue weighted by Crippen LogP contribution is -2.38. The minimum Gasteiger partial charge on any atom is -0.319 e. The first-order valence-corrected chi connectivity index (χ1v) is 7.64. The van der Waals surface area contributed by atoms with E-state index < -0.39 is 0 Å². The second-order valence-electron chi connectivity index (χ2n) is 5.89. The van der Waals surface area contributed by atoms with Crippen LogP contribution in [0.4, 0.5) is 0 Å². The molecule has 1 saturated heterocycles. The summed E-state index contributed by atoms with van der Waals surface area (Å²) in [5, 5.41) is 3.51. The van der Waals surface area contributed by atoms with Gasteiger partial charge in [0, 0.05) is 6.04 Å². The van der Waals surface area contributed by atoms with Crippen molar-refractivity contribution < 1.29 is 4.79 Å². The zero-order valence-electron chi connectivity index (χ0n) is 13.2. The van der Waals surface area contributed by atoms with Crippen LogP contribution in [0.15, 0.2) is 18.2 Å². The van der Waals surface area contributed by atoms with Crippen molar-refractivity contribution in [2.75, 3.05) is 0 Å². The molecule has 1 N–H and O–H groups in total. The molecule has 20 heavy (non-hydrogen) atoms. The van der Waals surface area contributed by atoms with Gasteiger partial charge < -0.3 is 4.90 Å². The fraction of sp³-hybridized carbons (Fsp3) is 0.588. The van der Waals surface area contributed by atoms with E-state index in [2.05, 4.69) is 58.1 Å². The van der Waals surface area contributed by atoms with E-state index in [1.807, 2.05) is 4.90 Å². The zero-order valence-corrected chi connectivity index (χ0v) is 13.2. The highest BCUT2D eigenvalue weighted by molar-refractivity contribution is 5.84. The Balaban J connectivity index is 2.39. The minimum absolute atomic E-state index is 0.0167. The third kappa shape index (κ3) is 2.59. The van der Waals surface area contributed by atoms with E-state index in [4.69, 9.17) is 0 Å². The molecule has 0 spiro atoms. The third-order valence-corrected chi connectivity index (χ3v) is 4.38. The molecular formula is C17H26N2O. The lowest BCUT2D eigenvalue weighted by Gasteiger charge is -2.31. The van der Waals surface area contributed by atoms with Crippen molar-refractivity contribution in [2.24, 2.45) is 0 Å². The van der Waals surface area contributed by atoms with Crippen molar-refractivity contribution in [3.8, 4) is 0 Å². The van der Waals surface area contributed by atoms with E-state index >= 15 is 0 Å². The molecule has 0 bridgehead atoms. The molecule has 3 atom stereocenters. The summed E-state index contributed by atoms with van der Waals surface area (Å²) in [5.74, 6) is 0.242. The Bertz CT molecular complexity index is 498. The van der Waals surface area contributed by atoms with E-state index in [-0.39, 0.29) is 24.2 Å². The lowest BCUT2D eigenvalue weighted by atomic mass is 10.0. The predicted molar refractivity (Wildman–Crippen MR) is 82.5 cm³/mol. The number of benzene rings is 1. The Morgan fingerprint density at radius 2 is 2.00 bits per heavy atom. The van der Waals surface area contributed by atoms with Crippen molar-refractivity contribution in [1.82, 2.24) is 10.2 Å². The van der Waals surface area contributed by atoms with Gasteiger partial charge in [-0.2, -0.15) is 0 Å². The molecule has 1 fully saturated rings. The molecule has 0 aromatic heterocycles. The fourth-order valence-corrected chi connectivity index (χ4v) is 2.98. The normalized spacial score (nSPS) is 24.2. The maximum Gasteiger partial charge on any atom is 0.241 e. The van der Waals surface area contributed by atoms with E-state index in [9.17, 15) is 4.79 Å². The number of carbonyl (C=O) groups excluding carboxylic acids is 1. The van der Waals surface area contributed by atoms with Gasteiger partial charge in [-0.05, 0) is 44.7 Å². The van der Waals surface area contributed by atoms with Gasteiger partial charge in [-0.25, -0.2) is 0 Å². The molecular weight excluding hydrogens is 248 g/mol. The average molecular weight is 274 g/mol. The van der Waals surface area contributed by atoms with Crippen LogP contribution in [0, 0.1) is 13.8 Å². The molecule has 1 aliphatic rings. The Kier molecular flexibility index (Phi) is 4.48. The highest BCUT2D eigenvalue weighted by Crippen LogP contribution is 2.31. The second-order valence-corrected chi connectivity index (χ2v) is 5.89. The van der Waals surface area contributed by atoms with Crippen molar-refractivity contribution >= 4 is 5.91 Å². The monoisotopic (exact) mass is 274 g/mol. The van der Waals surface area contributed by atoms with Gasteiger partial charge in [-0.3, -0.25) is 10.1 Å². The van der Waals surface area contributed by atoms with Gasteiger partial charge in [0.2, 0.25) is 5.91 Å².